The first-order valence-corrected chi connectivity index (χ1v) is 8.27. The highest BCUT2D eigenvalue weighted by molar-refractivity contribution is 7.93. The van der Waals surface area contributed by atoms with E-state index in [-0.39, 0.29) is 22.2 Å². The number of fused-ring (bicyclic) bond motifs is 1. The van der Waals surface area contributed by atoms with Crippen molar-refractivity contribution in [1.82, 2.24) is 0 Å². The molecule has 22 heavy (non-hydrogen) atoms. The summed E-state index contributed by atoms with van der Waals surface area (Å²) in [5, 5.41) is 11.0. The molecular formula is C14H11ClN2O4S. The predicted octanol–water partition coefficient (Wildman–Crippen LogP) is 3.00. The minimum Gasteiger partial charge on any atom is -0.265 e. The number of benzene rings is 2. The highest BCUT2D eigenvalue weighted by Crippen LogP contribution is 2.36. The average Bonchev–Trinajstić information content (AvgIpc) is 2.91. The fourth-order valence-electron chi connectivity index (χ4n) is 2.47. The molecule has 6 nitrogen and oxygen atoms in total. The van der Waals surface area contributed by atoms with E-state index in [4.69, 9.17) is 11.6 Å². The van der Waals surface area contributed by atoms with E-state index < -0.39 is 14.9 Å². The molecule has 1 aliphatic rings. The molecule has 1 heterocycles. The molecule has 0 aromatic heterocycles. The van der Waals surface area contributed by atoms with Crippen molar-refractivity contribution in [1.29, 1.82) is 0 Å². The van der Waals surface area contributed by atoms with Crippen molar-refractivity contribution in [3.05, 3.63) is 63.2 Å². The third-order valence-corrected chi connectivity index (χ3v) is 5.85. The molecular weight excluding hydrogens is 328 g/mol. The van der Waals surface area contributed by atoms with E-state index in [0.29, 0.717) is 12.1 Å². The Morgan fingerprint density at radius 2 is 1.91 bits per heavy atom. The zero-order valence-electron chi connectivity index (χ0n) is 11.3. The van der Waals surface area contributed by atoms with E-state index >= 15 is 0 Å². The fraction of sp³-hybridized carbons (Fsp3) is 0.143. The first kappa shape index (κ1) is 14.8. The van der Waals surface area contributed by atoms with E-state index in [1.165, 1.54) is 28.6 Å². The van der Waals surface area contributed by atoms with Crippen LogP contribution >= 0.6 is 11.6 Å². The molecule has 0 fully saturated rings. The Kier molecular flexibility index (Phi) is 3.54. The zero-order chi connectivity index (χ0) is 15.9. The van der Waals surface area contributed by atoms with Crippen LogP contribution in [0.3, 0.4) is 0 Å². The lowest BCUT2D eigenvalue weighted by Gasteiger charge is -2.20. The van der Waals surface area contributed by atoms with Crippen molar-refractivity contribution in [3.63, 3.8) is 0 Å². The van der Waals surface area contributed by atoms with E-state index in [9.17, 15) is 18.5 Å². The fourth-order valence-corrected chi connectivity index (χ4v) is 4.47. The first-order valence-electron chi connectivity index (χ1n) is 6.46. The summed E-state index contributed by atoms with van der Waals surface area (Å²) < 4.78 is 26.7. The van der Waals surface area contributed by atoms with Gasteiger partial charge in [-0.2, -0.15) is 0 Å². The van der Waals surface area contributed by atoms with Gasteiger partial charge in [0.25, 0.3) is 15.7 Å². The molecule has 1 aliphatic heterocycles. The van der Waals surface area contributed by atoms with Gasteiger partial charge < -0.3 is 0 Å². The van der Waals surface area contributed by atoms with E-state index in [0.717, 1.165) is 5.56 Å². The molecule has 8 heteroatoms. The molecule has 3 rings (SSSR count). The molecule has 0 amide bonds. The van der Waals surface area contributed by atoms with Gasteiger partial charge in [0.1, 0.15) is 4.90 Å². The number of hydrogen-bond acceptors (Lipinski definition) is 4. The number of hydrogen-bond donors (Lipinski definition) is 0. The van der Waals surface area contributed by atoms with Crippen LogP contribution in [0.2, 0.25) is 5.02 Å². The Balaban J connectivity index is 2.11. The number of nitrogens with zero attached hydrogens (tertiary/aromatic N) is 2. The maximum atomic E-state index is 12.8. The van der Waals surface area contributed by atoms with Crippen LogP contribution < -0.4 is 4.31 Å². The molecule has 2 aromatic rings. The SMILES string of the molecule is O=[N+]([O-])c1ccc2c(c1)N(S(=O)(=O)c1ccccc1Cl)CC2. The van der Waals surface area contributed by atoms with Gasteiger partial charge in [0, 0.05) is 18.7 Å². The maximum Gasteiger partial charge on any atom is 0.271 e. The van der Waals surface area contributed by atoms with Crippen LogP contribution in [0.5, 0.6) is 0 Å². The average molecular weight is 339 g/mol. The number of nitro groups is 1. The van der Waals surface area contributed by atoms with E-state index in [2.05, 4.69) is 0 Å². The van der Waals surface area contributed by atoms with Gasteiger partial charge in [-0.25, -0.2) is 8.42 Å². The molecule has 0 aliphatic carbocycles. The van der Waals surface area contributed by atoms with Crippen molar-refractivity contribution in [3.8, 4) is 0 Å². The Bertz CT molecular complexity index is 867. The van der Waals surface area contributed by atoms with Crippen LogP contribution in [-0.2, 0) is 16.4 Å². The molecule has 0 radical (unpaired) electrons. The monoisotopic (exact) mass is 338 g/mol. The van der Waals surface area contributed by atoms with Gasteiger partial charge >= 0.3 is 0 Å². The molecule has 0 atom stereocenters. The number of anilines is 1. The lowest BCUT2D eigenvalue weighted by molar-refractivity contribution is -0.384. The summed E-state index contributed by atoms with van der Waals surface area (Å²) in [6.07, 6.45) is 0.511. The largest absolute Gasteiger partial charge is 0.271 e. The van der Waals surface area contributed by atoms with Crippen molar-refractivity contribution in [2.24, 2.45) is 0 Å². The van der Waals surface area contributed by atoms with Crippen molar-refractivity contribution in [2.75, 3.05) is 10.8 Å². The third kappa shape index (κ3) is 2.32. The van der Waals surface area contributed by atoms with E-state index in [1.807, 2.05) is 0 Å². The lowest BCUT2D eigenvalue weighted by atomic mass is 10.1. The number of rotatable bonds is 3. The van der Waals surface area contributed by atoms with Crippen LogP contribution in [0.4, 0.5) is 11.4 Å². The number of sulfonamides is 1. The summed E-state index contributed by atoms with van der Waals surface area (Å²) in [6.45, 7) is 0.240. The van der Waals surface area contributed by atoms with Gasteiger partial charge in [0.05, 0.1) is 15.6 Å². The molecule has 0 N–H and O–H groups in total. The standard InChI is InChI=1S/C14H11ClN2O4S/c15-12-3-1-2-4-14(12)22(20,21)16-8-7-10-5-6-11(17(18)19)9-13(10)16/h1-6,9H,7-8H2. The van der Waals surface area contributed by atoms with Gasteiger partial charge in [0.15, 0.2) is 0 Å². The normalized spacial score (nSPS) is 14.0. The summed E-state index contributed by atoms with van der Waals surface area (Å²) in [4.78, 5) is 10.4. The smallest absolute Gasteiger partial charge is 0.265 e. The Labute approximate surface area is 132 Å². The zero-order valence-corrected chi connectivity index (χ0v) is 12.8. The molecule has 0 bridgehead atoms. The van der Waals surface area contributed by atoms with Crippen molar-refractivity contribution < 1.29 is 13.3 Å². The van der Waals surface area contributed by atoms with Gasteiger partial charge in [-0.15, -0.1) is 0 Å². The quantitative estimate of drug-likeness (QED) is 0.636. The predicted molar refractivity (Wildman–Crippen MR) is 82.8 cm³/mol. The third-order valence-electron chi connectivity index (χ3n) is 3.54. The van der Waals surface area contributed by atoms with Crippen LogP contribution in [0.1, 0.15) is 5.56 Å². The summed E-state index contributed by atoms with van der Waals surface area (Å²) in [7, 11) is -3.85. The van der Waals surface area contributed by atoms with Gasteiger partial charge in [-0.1, -0.05) is 29.8 Å². The van der Waals surface area contributed by atoms with Gasteiger partial charge in [-0.05, 0) is 24.1 Å². The highest BCUT2D eigenvalue weighted by atomic mass is 35.5. The summed E-state index contributed by atoms with van der Waals surface area (Å²) in [5.41, 5.74) is 0.968. The topological polar surface area (TPSA) is 80.5 Å². The molecule has 0 saturated heterocycles. The summed E-state index contributed by atoms with van der Waals surface area (Å²) in [6, 6.07) is 10.4. The van der Waals surface area contributed by atoms with Crippen LogP contribution in [0.25, 0.3) is 0 Å². The molecule has 0 saturated carbocycles. The number of non-ortho nitro benzene ring substituents is 1. The Morgan fingerprint density at radius 1 is 1.18 bits per heavy atom. The van der Waals surface area contributed by atoms with Gasteiger partial charge in [0.2, 0.25) is 0 Å². The summed E-state index contributed by atoms with van der Waals surface area (Å²) in [5.74, 6) is 0. The Morgan fingerprint density at radius 3 is 2.59 bits per heavy atom. The Hall–Kier alpha value is -2.12. The second-order valence-electron chi connectivity index (χ2n) is 4.83. The summed E-state index contributed by atoms with van der Waals surface area (Å²) >= 11 is 5.98. The molecule has 114 valence electrons. The lowest BCUT2D eigenvalue weighted by Crippen LogP contribution is -2.29. The second-order valence-corrected chi connectivity index (χ2v) is 7.07. The molecule has 0 spiro atoms. The maximum absolute atomic E-state index is 12.8. The molecule has 0 unspecified atom stereocenters. The van der Waals surface area contributed by atoms with E-state index in [1.54, 1.807) is 18.2 Å². The number of halogens is 1. The minimum absolute atomic E-state index is 0.00368. The second kappa shape index (κ2) is 5.26. The van der Waals surface area contributed by atoms with Crippen LogP contribution in [-0.4, -0.2) is 19.9 Å². The number of nitro benzene ring substituents is 1. The highest BCUT2D eigenvalue weighted by Gasteiger charge is 2.33. The van der Waals surface area contributed by atoms with Gasteiger partial charge in [-0.3, -0.25) is 14.4 Å². The first-order chi connectivity index (χ1) is 10.4. The van der Waals surface area contributed by atoms with Crippen molar-refractivity contribution in [2.45, 2.75) is 11.3 Å². The molecule has 2 aromatic carbocycles. The minimum atomic E-state index is -3.85. The van der Waals surface area contributed by atoms with Crippen LogP contribution in [0, 0.1) is 10.1 Å². The van der Waals surface area contributed by atoms with Crippen LogP contribution in [0.15, 0.2) is 47.4 Å². The van der Waals surface area contributed by atoms with Crippen molar-refractivity contribution >= 4 is 33.0 Å².